The van der Waals surface area contributed by atoms with Crippen LogP contribution in [0.5, 0.6) is 0 Å². The summed E-state index contributed by atoms with van der Waals surface area (Å²) in [5.41, 5.74) is 1.94. The van der Waals surface area contributed by atoms with Crippen molar-refractivity contribution in [3.63, 3.8) is 0 Å². The molecular weight excluding hydrogens is 294 g/mol. The van der Waals surface area contributed by atoms with E-state index in [0.29, 0.717) is 5.92 Å². The van der Waals surface area contributed by atoms with E-state index in [1.54, 1.807) is 0 Å². The first-order valence-corrected chi connectivity index (χ1v) is 8.88. The summed E-state index contributed by atoms with van der Waals surface area (Å²) in [4.78, 5) is 3.95. The summed E-state index contributed by atoms with van der Waals surface area (Å²) in [7, 11) is 0. The van der Waals surface area contributed by atoms with Crippen molar-refractivity contribution in [2.75, 3.05) is 0 Å². The highest BCUT2D eigenvalue weighted by Gasteiger charge is 2.30. The van der Waals surface area contributed by atoms with E-state index in [1.807, 2.05) is 44.4 Å². The lowest BCUT2D eigenvalue weighted by Gasteiger charge is -2.33. The fraction of sp³-hybridized carbons (Fsp3) is 0.500. The first kappa shape index (κ1) is 20.4. The molecule has 24 heavy (non-hydrogen) atoms. The van der Waals surface area contributed by atoms with Crippen molar-refractivity contribution in [1.29, 1.82) is 0 Å². The number of hydrogen-bond acceptors (Lipinski definition) is 2. The van der Waals surface area contributed by atoms with E-state index in [2.05, 4.69) is 56.9 Å². The average Bonchev–Trinajstić information content (AvgIpc) is 2.47. The maximum absolute atomic E-state index is 10.1. The SMILES string of the molecule is CC(C)C(c1ccccc1)C(C)(C)O.CC(C)Cc1ccncc1. The Morgan fingerprint density at radius 2 is 1.46 bits per heavy atom. The van der Waals surface area contributed by atoms with Crippen LogP contribution in [0.25, 0.3) is 0 Å². The molecule has 0 fully saturated rings. The second-order valence-electron chi connectivity index (χ2n) is 7.74. The third-order valence-electron chi connectivity index (χ3n) is 3.98. The minimum Gasteiger partial charge on any atom is -0.390 e. The predicted molar refractivity (Wildman–Crippen MR) is 103 cm³/mol. The Balaban J connectivity index is 0.000000254. The average molecular weight is 328 g/mol. The molecule has 0 aliphatic carbocycles. The van der Waals surface area contributed by atoms with Gasteiger partial charge in [-0.3, -0.25) is 4.98 Å². The molecule has 1 unspecified atom stereocenters. The molecule has 0 radical (unpaired) electrons. The number of rotatable bonds is 5. The Kier molecular flexibility index (Phi) is 8.14. The maximum Gasteiger partial charge on any atom is 0.0662 e. The topological polar surface area (TPSA) is 33.1 Å². The molecule has 0 aliphatic rings. The monoisotopic (exact) mass is 327 g/mol. The second kappa shape index (κ2) is 9.58. The summed E-state index contributed by atoms with van der Waals surface area (Å²) in [6, 6.07) is 14.4. The van der Waals surface area contributed by atoms with Crippen molar-refractivity contribution in [3.05, 3.63) is 66.0 Å². The first-order valence-electron chi connectivity index (χ1n) is 8.88. The maximum atomic E-state index is 10.1. The lowest BCUT2D eigenvalue weighted by molar-refractivity contribution is 0.0332. The van der Waals surface area contributed by atoms with E-state index in [0.717, 1.165) is 12.3 Å². The molecule has 0 amide bonds. The van der Waals surface area contributed by atoms with Gasteiger partial charge in [0.15, 0.2) is 0 Å². The van der Waals surface area contributed by atoms with Gasteiger partial charge in [-0.25, -0.2) is 0 Å². The van der Waals surface area contributed by atoms with E-state index < -0.39 is 5.60 Å². The fourth-order valence-electron chi connectivity index (χ4n) is 3.26. The van der Waals surface area contributed by atoms with Crippen LogP contribution in [0.1, 0.15) is 58.6 Å². The molecule has 2 nitrogen and oxygen atoms in total. The van der Waals surface area contributed by atoms with Crippen LogP contribution >= 0.6 is 0 Å². The van der Waals surface area contributed by atoms with E-state index in [4.69, 9.17) is 0 Å². The van der Waals surface area contributed by atoms with Crippen molar-refractivity contribution in [1.82, 2.24) is 4.98 Å². The number of hydrogen-bond donors (Lipinski definition) is 1. The standard InChI is InChI=1S/C13H20O.C9H13N/c1-10(2)12(13(3,4)14)11-8-6-5-7-9-11;1-8(2)7-9-3-5-10-6-4-9/h5-10,12,14H,1-4H3;3-6,8H,7H2,1-2H3. The Bertz CT molecular complexity index is 556. The number of benzene rings is 1. The minimum atomic E-state index is -0.657. The molecule has 1 atom stereocenters. The summed E-state index contributed by atoms with van der Waals surface area (Å²) in [5.74, 6) is 1.38. The van der Waals surface area contributed by atoms with Crippen LogP contribution in [0.15, 0.2) is 54.9 Å². The lowest BCUT2D eigenvalue weighted by atomic mass is 9.77. The summed E-state index contributed by atoms with van der Waals surface area (Å²) >= 11 is 0. The van der Waals surface area contributed by atoms with E-state index in [-0.39, 0.29) is 5.92 Å². The Hall–Kier alpha value is -1.67. The normalized spacial score (nSPS) is 12.7. The highest BCUT2D eigenvalue weighted by Crippen LogP contribution is 2.34. The molecule has 2 rings (SSSR count). The largest absolute Gasteiger partial charge is 0.390 e. The van der Waals surface area contributed by atoms with Gasteiger partial charge in [0.05, 0.1) is 5.60 Å². The van der Waals surface area contributed by atoms with Crippen molar-refractivity contribution in [2.45, 2.75) is 59.5 Å². The van der Waals surface area contributed by atoms with Gasteiger partial charge in [-0.15, -0.1) is 0 Å². The summed E-state index contributed by atoms with van der Waals surface area (Å²) < 4.78 is 0. The highest BCUT2D eigenvalue weighted by molar-refractivity contribution is 5.22. The molecule has 0 bridgehead atoms. The van der Waals surface area contributed by atoms with Gasteiger partial charge in [0.1, 0.15) is 0 Å². The Morgan fingerprint density at radius 1 is 0.917 bits per heavy atom. The lowest BCUT2D eigenvalue weighted by Crippen LogP contribution is -2.32. The van der Waals surface area contributed by atoms with Gasteiger partial charge in [-0.1, -0.05) is 58.0 Å². The molecule has 1 aromatic heterocycles. The van der Waals surface area contributed by atoms with E-state index in [9.17, 15) is 5.11 Å². The zero-order valence-corrected chi connectivity index (χ0v) is 16.0. The highest BCUT2D eigenvalue weighted by atomic mass is 16.3. The number of pyridine rings is 1. The van der Waals surface area contributed by atoms with Crippen LogP contribution in [-0.4, -0.2) is 15.7 Å². The van der Waals surface area contributed by atoms with Crippen LogP contribution in [0.2, 0.25) is 0 Å². The molecule has 0 aliphatic heterocycles. The van der Waals surface area contributed by atoms with Crippen LogP contribution in [0.4, 0.5) is 0 Å². The van der Waals surface area contributed by atoms with Crippen LogP contribution in [0, 0.1) is 11.8 Å². The summed E-state index contributed by atoms with van der Waals surface area (Å²) in [5, 5.41) is 10.1. The quantitative estimate of drug-likeness (QED) is 0.789. The van der Waals surface area contributed by atoms with Gasteiger partial charge in [0.25, 0.3) is 0 Å². The molecule has 1 heterocycles. The van der Waals surface area contributed by atoms with Crippen LogP contribution < -0.4 is 0 Å². The smallest absolute Gasteiger partial charge is 0.0662 e. The zero-order chi connectivity index (χ0) is 18.2. The van der Waals surface area contributed by atoms with Crippen LogP contribution in [-0.2, 0) is 6.42 Å². The molecule has 0 spiro atoms. The molecule has 1 N–H and O–H groups in total. The number of aliphatic hydroxyl groups is 1. The molecule has 2 aromatic rings. The minimum absolute atomic E-state index is 0.198. The van der Waals surface area contributed by atoms with E-state index in [1.165, 1.54) is 11.1 Å². The van der Waals surface area contributed by atoms with Crippen molar-refractivity contribution in [3.8, 4) is 0 Å². The van der Waals surface area contributed by atoms with Gasteiger partial charge >= 0.3 is 0 Å². The molecular formula is C22H33NO. The first-order chi connectivity index (χ1) is 11.2. The Labute approximate surface area is 148 Å². The molecule has 132 valence electrons. The van der Waals surface area contributed by atoms with Gasteiger partial charge in [0.2, 0.25) is 0 Å². The molecule has 1 aromatic carbocycles. The van der Waals surface area contributed by atoms with Crippen molar-refractivity contribution in [2.24, 2.45) is 11.8 Å². The van der Waals surface area contributed by atoms with Gasteiger partial charge in [0, 0.05) is 18.3 Å². The zero-order valence-electron chi connectivity index (χ0n) is 16.0. The van der Waals surface area contributed by atoms with Crippen molar-refractivity contribution < 1.29 is 5.11 Å². The van der Waals surface area contributed by atoms with Crippen LogP contribution in [0.3, 0.4) is 0 Å². The predicted octanol–water partition coefficient (Wildman–Crippen LogP) is 5.48. The summed E-state index contributed by atoms with van der Waals surface area (Å²) in [6.45, 7) is 12.5. The fourth-order valence-corrected chi connectivity index (χ4v) is 3.26. The number of nitrogens with zero attached hydrogens (tertiary/aromatic N) is 1. The van der Waals surface area contributed by atoms with Crippen molar-refractivity contribution >= 4 is 0 Å². The molecule has 0 saturated carbocycles. The van der Waals surface area contributed by atoms with Gasteiger partial charge < -0.3 is 5.11 Å². The summed E-state index contributed by atoms with van der Waals surface area (Å²) in [6.07, 6.45) is 4.85. The number of aromatic nitrogens is 1. The van der Waals surface area contributed by atoms with Gasteiger partial charge in [-0.2, -0.15) is 0 Å². The van der Waals surface area contributed by atoms with E-state index >= 15 is 0 Å². The molecule has 0 saturated heterocycles. The molecule has 2 heteroatoms. The second-order valence-corrected chi connectivity index (χ2v) is 7.74. The third kappa shape index (κ3) is 7.27. The third-order valence-corrected chi connectivity index (χ3v) is 3.98. The van der Waals surface area contributed by atoms with Gasteiger partial charge in [-0.05, 0) is 55.4 Å². The Morgan fingerprint density at radius 3 is 1.88 bits per heavy atom.